The lowest BCUT2D eigenvalue weighted by Crippen LogP contribution is -1.88. The summed E-state index contributed by atoms with van der Waals surface area (Å²) in [5.41, 5.74) is 1.11. The Morgan fingerprint density at radius 2 is 1.93 bits per heavy atom. The van der Waals surface area contributed by atoms with E-state index in [9.17, 15) is 4.79 Å². The van der Waals surface area contributed by atoms with Crippen molar-refractivity contribution < 1.29 is 9.53 Å². The van der Waals surface area contributed by atoms with Crippen LogP contribution in [0.15, 0.2) is 48.7 Å². The summed E-state index contributed by atoms with van der Waals surface area (Å²) in [5, 5.41) is 0. The molecule has 0 radical (unpaired) electrons. The number of carbonyl (C=O) groups excluding carboxylic acids is 1. The van der Waals surface area contributed by atoms with Crippen molar-refractivity contribution in [2.45, 2.75) is 6.92 Å². The normalized spacial score (nSPS) is 10.9. The molecule has 1 aromatic carbocycles. The van der Waals surface area contributed by atoms with Crippen LogP contribution in [0.3, 0.4) is 0 Å². The van der Waals surface area contributed by atoms with Crippen molar-refractivity contribution in [1.29, 1.82) is 0 Å². The van der Waals surface area contributed by atoms with Crippen LogP contribution in [0.5, 0.6) is 0 Å². The van der Waals surface area contributed by atoms with E-state index < -0.39 is 0 Å². The van der Waals surface area contributed by atoms with Crippen LogP contribution < -0.4 is 0 Å². The molecule has 72 valence electrons. The molecule has 2 nitrogen and oxygen atoms in total. The first kappa shape index (κ1) is 10.3. The summed E-state index contributed by atoms with van der Waals surface area (Å²) < 4.78 is 4.61. The molecule has 0 unspecified atom stereocenters. The van der Waals surface area contributed by atoms with Gasteiger partial charge in [0.25, 0.3) is 0 Å². The van der Waals surface area contributed by atoms with Crippen LogP contribution in [0.4, 0.5) is 0 Å². The molecule has 1 rings (SSSR count). The third-order valence-electron chi connectivity index (χ3n) is 1.51. The molecule has 1 aromatic rings. The zero-order chi connectivity index (χ0) is 10.2. The fourth-order valence-electron chi connectivity index (χ4n) is 0.911. The van der Waals surface area contributed by atoms with Gasteiger partial charge in [-0.3, -0.25) is 4.79 Å². The van der Waals surface area contributed by atoms with Crippen molar-refractivity contribution in [2.75, 3.05) is 0 Å². The Kier molecular flexibility index (Phi) is 4.21. The Balaban J connectivity index is 2.42. The lowest BCUT2D eigenvalue weighted by Gasteiger charge is -1.89. The van der Waals surface area contributed by atoms with Crippen molar-refractivity contribution >= 4 is 12.0 Å². The Hall–Kier alpha value is -1.83. The highest BCUT2D eigenvalue weighted by atomic mass is 16.5. The number of ether oxygens (including phenoxy) is 1. The highest BCUT2D eigenvalue weighted by Gasteiger charge is 1.83. The van der Waals surface area contributed by atoms with Crippen LogP contribution in [0.25, 0.3) is 6.08 Å². The molecule has 0 saturated carbocycles. The minimum atomic E-state index is -0.311. The highest BCUT2D eigenvalue weighted by molar-refractivity contribution is 5.66. The van der Waals surface area contributed by atoms with Gasteiger partial charge in [-0.05, 0) is 11.6 Å². The SMILES string of the molecule is CC(=O)O/C=C/C=C/c1ccccc1. The monoisotopic (exact) mass is 188 g/mol. The van der Waals surface area contributed by atoms with E-state index in [0.717, 1.165) is 5.56 Å². The second-order valence-electron chi connectivity index (χ2n) is 2.71. The van der Waals surface area contributed by atoms with Crippen LogP contribution in [0.1, 0.15) is 12.5 Å². The Labute approximate surface area is 83.5 Å². The van der Waals surface area contributed by atoms with E-state index in [1.165, 1.54) is 13.2 Å². The summed E-state index contributed by atoms with van der Waals surface area (Å²) in [5.74, 6) is -0.311. The van der Waals surface area contributed by atoms with Gasteiger partial charge in [-0.15, -0.1) is 0 Å². The molecule has 0 aliphatic heterocycles. The zero-order valence-corrected chi connectivity index (χ0v) is 8.01. The van der Waals surface area contributed by atoms with E-state index in [1.807, 2.05) is 42.5 Å². The average molecular weight is 188 g/mol. The topological polar surface area (TPSA) is 26.3 Å². The molecule has 0 heterocycles. The molecule has 14 heavy (non-hydrogen) atoms. The molecule has 0 fully saturated rings. The van der Waals surface area contributed by atoms with Crippen molar-refractivity contribution in [1.82, 2.24) is 0 Å². The Morgan fingerprint density at radius 3 is 2.57 bits per heavy atom. The number of allylic oxidation sites excluding steroid dienone is 2. The van der Waals surface area contributed by atoms with Gasteiger partial charge in [0.2, 0.25) is 0 Å². The summed E-state index contributed by atoms with van der Waals surface area (Å²) in [6.45, 7) is 1.37. The third kappa shape index (κ3) is 4.26. The number of carbonyl (C=O) groups is 1. The van der Waals surface area contributed by atoms with E-state index >= 15 is 0 Å². The van der Waals surface area contributed by atoms with E-state index in [1.54, 1.807) is 6.08 Å². The van der Waals surface area contributed by atoms with Gasteiger partial charge in [0.1, 0.15) is 0 Å². The number of esters is 1. The van der Waals surface area contributed by atoms with Gasteiger partial charge in [0, 0.05) is 6.92 Å². The van der Waals surface area contributed by atoms with Gasteiger partial charge in [-0.1, -0.05) is 42.5 Å². The highest BCUT2D eigenvalue weighted by Crippen LogP contribution is 2.00. The molecule has 2 heteroatoms. The van der Waals surface area contributed by atoms with E-state index in [0.29, 0.717) is 0 Å². The predicted molar refractivity (Wildman–Crippen MR) is 56.4 cm³/mol. The molecular formula is C12H12O2. The first-order valence-corrected chi connectivity index (χ1v) is 4.34. The van der Waals surface area contributed by atoms with Gasteiger partial charge in [0.15, 0.2) is 0 Å². The smallest absolute Gasteiger partial charge is 0.307 e. The third-order valence-corrected chi connectivity index (χ3v) is 1.51. The standard InChI is InChI=1S/C12H12O2/c1-11(13)14-10-6-5-9-12-7-3-2-4-8-12/h2-10H,1H3/b9-5+,10-6+. The second-order valence-corrected chi connectivity index (χ2v) is 2.71. The lowest BCUT2D eigenvalue weighted by atomic mass is 10.2. The number of benzene rings is 1. The lowest BCUT2D eigenvalue weighted by molar-refractivity contribution is -0.135. The van der Waals surface area contributed by atoms with E-state index in [2.05, 4.69) is 4.74 Å². The molecule has 0 saturated heterocycles. The molecule has 0 bridgehead atoms. The number of rotatable bonds is 3. The summed E-state index contributed by atoms with van der Waals surface area (Å²) in [6, 6.07) is 9.89. The fourth-order valence-corrected chi connectivity index (χ4v) is 0.911. The molecular weight excluding hydrogens is 176 g/mol. The zero-order valence-electron chi connectivity index (χ0n) is 8.01. The molecule has 0 aliphatic rings. The van der Waals surface area contributed by atoms with Gasteiger partial charge in [-0.2, -0.15) is 0 Å². The molecule has 0 N–H and O–H groups in total. The maximum Gasteiger partial charge on any atom is 0.307 e. The van der Waals surface area contributed by atoms with Gasteiger partial charge >= 0.3 is 5.97 Å². The van der Waals surface area contributed by atoms with Crippen molar-refractivity contribution in [3.8, 4) is 0 Å². The summed E-state index contributed by atoms with van der Waals surface area (Å²) >= 11 is 0. The summed E-state index contributed by atoms with van der Waals surface area (Å²) in [6.07, 6.45) is 6.79. The van der Waals surface area contributed by atoms with Gasteiger partial charge in [0.05, 0.1) is 6.26 Å². The average Bonchev–Trinajstić information content (AvgIpc) is 2.18. The first-order valence-electron chi connectivity index (χ1n) is 4.34. The van der Waals surface area contributed by atoms with E-state index in [-0.39, 0.29) is 5.97 Å². The van der Waals surface area contributed by atoms with Crippen LogP contribution in [-0.4, -0.2) is 5.97 Å². The van der Waals surface area contributed by atoms with Crippen LogP contribution >= 0.6 is 0 Å². The van der Waals surface area contributed by atoms with Crippen LogP contribution in [-0.2, 0) is 9.53 Å². The van der Waals surface area contributed by atoms with Crippen molar-refractivity contribution in [2.24, 2.45) is 0 Å². The summed E-state index contributed by atoms with van der Waals surface area (Å²) in [4.78, 5) is 10.4. The minimum absolute atomic E-state index is 0.311. The Morgan fingerprint density at radius 1 is 1.21 bits per heavy atom. The first-order chi connectivity index (χ1) is 6.79. The van der Waals surface area contributed by atoms with Crippen molar-refractivity contribution in [3.05, 3.63) is 54.3 Å². The largest absolute Gasteiger partial charge is 0.435 e. The van der Waals surface area contributed by atoms with Crippen LogP contribution in [0.2, 0.25) is 0 Å². The summed E-state index contributed by atoms with van der Waals surface area (Å²) in [7, 11) is 0. The molecule has 0 aliphatic carbocycles. The fraction of sp³-hybridized carbons (Fsp3) is 0.0833. The molecule has 0 atom stereocenters. The van der Waals surface area contributed by atoms with Gasteiger partial charge < -0.3 is 4.74 Å². The maximum absolute atomic E-state index is 10.4. The van der Waals surface area contributed by atoms with Crippen LogP contribution in [0, 0.1) is 0 Å². The van der Waals surface area contributed by atoms with Crippen molar-refractivity contribution in [3.63, 3.8) is 0 Å². The Bertz CT molecular complexity index is 337. The minimum Gasteiger partial charge on any atom is -0.435 e. The number of hydrogen-bond acceptors (Lipinski definition) is 2. The quantitative estimate of drug-likeness (QED) is 0.414. The molecule has 0 amide bonds. The predicted octanol–water partition coefficient (Wildman–Crippen LogP) is 2.78. The number of hydrogen-bond donors (Lipinski definition) is 0. The molecule has 0 spiro atoms. The molecule has 0 aromatic heterocycles. The van der Waals surface area contributed by atoms with E-state index in [4.69, 9.17) is 0 Å². The second kappa shape index (κ2) is 5.75. The maximum atomic E-state index is 10.4. The van der Waals surface area contributed by atoms with Gasteiger partial charge in [-0.25, -0.2) is 0 Å².